The molecule has 0 aliphatic carbocycles. The van der Waals surface area contributed by atoms with E-state index in [2.05, 4.69) is 0 Å². The molecule has 9 aromatic carbocycles. The molecule has 12 aromatic rings. The number of ether oxygens (including phenoxy) is 6. The summed E-state index contributed by atoms with van der Waals surface area (Å²) in [5.74, 6) is 0.713. The van der Waals surface area contributed by atoms with Crippen LogP contribution in [0.2, 0.25) is 60.3 Å². The molecule has 0 atom stereocenters. The number of aromatic nitrogens is 8. The predicted octanol–water partition coefficient (Wildman–Crippen LogP) is 24.1. The summed E-state index contributed by atoms with van der Waals surface area (Å²) in [5, 5.41) is -1.10. The Bertz CT molecular complexity index is 5380. The average Bonchev–Trinajstić information content (AvgIpc) is 1.56. The van der Waals surface area contributed by atoms with Gasteiger partial charge in [0, 0.05) is 77.5 Å². The minimum Gasteiger partial charge on any atom is -0.493 e. The van der Waals surface area contributed by atoms with Crippen LogP contribution in [0.3, 0.4) is 0 Å². The van der Waals surface area contributed by atoms with Gasteiger partial charge in [-0.2, -0.15) is 0 Å². The fourth-order valence-corrected chi connectivity index (χ4v) is 14.4. The Hall–Kier alpha value is -6.76. The molecule has 27 heteroatoms. The minimum atomic E-state index is -0.191. The van der Waals surface area contributed by atoms with Crippen molar-refractivity contribution in [3.8, 4) is 120 Å². The number of hydrogen-bond acceptors (Lipinski definition) is 12. The van der Waals surface area contributed by atoms with Gasteiger partial charge < -0.3 is 58.3 Å². The zero-order chi connectivity index (χ0) is 66.4. The van der Waals surface area contributed by atoms with E-state index >= 15 is 0 Å². The van der Waals surface area contributed by atoms with Gasteiger partial charge in [-0.25, -0.2) is 9.97 Å². The van der Waals surface area contributed by atoms with Gasteiger partial charge in [-0.3, -0.25) is 0 Å². The smallest absolute Gasteiger partial charge is 0.493 e. The molecule has 3 aromatic heterocycles. The molecular formula is C69H38Cl12N8O6Zn. The third-order valence-corrected chi connectivity index (χ3v) is 20.3. The second kappa shape index (κ2) is 27.5. The van der Waals surface area contributed by atoms with Gasteiger partial charge in [-0.05, 0) is 47.7 Å². The summed E-state index contributed by atoms with van der Waals surface area (Å²) in [6.07, 6.45) is 0.628. The largest absolute Gasteiger partial charge is 2.00 e. The molecule has 0 unspecified atom stereocenters. The summed E-state index contributed by atoms with van der Waals surface area (Å²) in [6.45, 7) is 4.30. The third kappa shape index (κ3) is 11.7. The van der Waals surface area contributed by atoms with Crippen LogP contribution < -0.4 is 38.4 Å². The Morgan fingerprint density at radius 2 is 0.667 bits per heavy atom. The molecule has 0 fully saturated rings. The summed E-state index contributed by atoms with van der Waals surface area (Å²) in [5.41, 5.74) is 2.75. The molecule has 8 bridgehead atoms. The molecule has 0 amide bonds. The number of hydrogen-bond donors (Lipinski definition) is 0. The Morgan fingerprint density at radius 3 is 1.07 bits per heavy atom. The minimum absolute atomic E-state index is 0. The zero-order valence-corrected chi connectivity index (χ0v) is 61.9. The van der Waals surface area contributed by atoms with Gasteiger partial charge in [0.25, 0.3) is 0 Å². The number of benzene rings is 9. The predicted molar refractivity (Wildman–Crippen MR) is 383 cm³/mol. The fourth-order valence-electron chi connectivity index (χ4n) is 11.0. The third-order valence-electron chi connectivity index (χ3n) is 15.5. The Morgan fingerprint density at radius 1 is 0.333 bits per heavy atom. The summed E-state index contributed by atoms with van der Waals surface area (Å²) >= 11 is 89.5. The zero-order valence-electron chi connectivity index (χ0n) is 49.9. The number of halogens is 12. The first-order valence-corrected chi connectivity index (χ1v) is 33.1. The van der Waals surface area contributed by atoms with Gasteiger partial charge in [0.2, 0.25) is 5.75 Å². The summed E-state index contributed by atoms with van der Waals surface area (Å²) < 4.78 is 37.8. The van der Waals surface area contributed by atoms with Crippen molar-refractivity contribution in [1.29, 1.82) is 0 Å². The van der Waals surface area contributed by atoms with E-state index in [1.54, 1.807) is 42.5 Å². The average molecular weight is 1570 g/mol. The molecule has 0 spiro atoms. The molecule has 0 N–H and O–H groups in total. The van der Waals surface area contributed by atoms with E-state index in [1.807, 2.05) is 98.8 Å². The number of para-hydroxylation sites is 3. The maximum absolute atomic E-state index is 7.67. The summed E-state index contributed by atoms with van der Waals surface area (Å²) in [7, 11) is 2.91. The maximum atomic E-state index is 7.67. The van der Waals surface area contributed by atoms with Crippen molar-refractivity contribution in [2.45, 2.75) is 20.3 Å². The Balaban J connectivity index is 0.00000833. The molecule has 2 aliphatic rings. The molecule has 0 radical (unpaired) electrons. The van der Waals surface area contributed by atoms with Gasteiger partial charge in [0.05, 0.1) is 84.3 Å². The SMILES string of the molecule is COc1cccc(OC)c1Oc1c(Cl)c(Cl)c2c3nc4nc(nc5[n-]c(nc6nc(nc([n-]3)c2c1Cl)-c1c(Cl)c(Oc2ccccc2-c2ccccc2)c(Cl)c(Cl)c1-6)c1c(Cl)c(OCCC(C)C)c(Cl)c(Cl)c51)-c1c(Cl)c(Oc2ccccc2-c2ccccc2)c(Cl)c(Cl)c1-4.[Zn+2]. The van der Waals surface area contributed by atoms with Crippen LogP contribution in [-0.2, 0) is 19.5 Å². The topological polar surface area (TPSA) is 161 Å². The fraction of sp³-hybridized carbons (Fsp3) is 0.101. The van der Waals surface area contributed by atoms with E-state index in [-0.39, 0.29) is 222 Å². The van der Waals surface area contributed by atoms with Crippen LogP contribution in [0, 0.1) is 5.92 Å². The van der Waals surface area contributed by atoms with Crippen molar-refractivity contribution in [2.24, 2.45) is 5.92 Å². The van der Waals surface area contributed by atoms with Gasteiger partial charge in [0.15, 0.2) is 34.5 Å². The first-order chi connectivity index (χ1) is 45.9. The normalized spacial score (nSPS) is 11.6. The van der Waals surface area contributed by atoms with Gasteiger partial charge in [-0.15, -0.1) is 0 Å². The monoisotopic (exact) mass is 1560 g/mol. The molecule has 14 rings (SSSR count). The van der Waals surface area contributed by atoms with Crippen molar-refractivity contribution in [3.05, 3.63) is 188 Å². The van der Waals surface area contributed by atoms with Gasteiger partial charge in [-0.1, -0.05) is 256 Å². The number of rotatable bonds is 14. The van der Waals surface area contributed by atoms with Crippen LogP contribution in [0.4, 0.5) is 0 Å². The second-order valence-corrected chi connectivity index (χ2v) is 26.2. The van der Waals surface area contributed by atoms with Crippen molar-refractivity contribution < 1.29 is 47.9 Å². The molecule has 5 heterocycles. The molecule has 96 heavy (non-hydrogen) atoms. The van der Waals surface area contributed by atoms with E-state index in [1.165, 1.54) is 14.2 Å². The van der Waals surface area contributed by atoms with Crippen LogP contribution in [0.25, 0.3) is 112 Å². The van der Waals surface area contributed by atoms with E-state index in [4.69, 9.17) is 208 Å². The van der Waals surface area contributed by atoms with E-state index in [0.29, 0.717) is 29.0 Å². The maximum Gasteiger partial charge on any atom is 2.00 e. The number of nitrogens with zero attached hydrogens (tertiary/aromatic N) is 8. The molecule has 14 nitrogen and oxygen atoms in total. The van der Waals surface area contributed by atoms with Crippen molar-refractivity contribution in [1.82, 2.24) is 39.9 Å². The number of fused-ring (bicyclic) bond motifs is 20. The summed E-state index contributed by atoms with van der Waals surface area (Å²) in [4.78, 5) is 40.8. The van der Waals surface area contributed by atoms with E-state index in [9.17, 15) is 0 Å². The Kier molecular flexibility index (Phi) is 19.4. The van der Waals surface area contributed by atoms with E-state index in [0.717, 1.165) is 11.1 Å². The van der Waals surface area contributed by atoms with Crippen molar-refractivity contribution >= 4 is 183 Å². The van der Waals surface area contributed by atoms with E-state index < -0.39 is 0 Å². The number of methoxy groups -OCH3 is 2. The van der Waals surface area contributed by atoms with Crippen LogP contribution in [0.5, 0.6) is 51.7 Å². The van der Waals surface area contributed by atoms with Crippen LogP contribution in [0.15, 0.2) is 127 Å². The quantitative estimate of drug-likeness (QED) is 0.0747. The summed E-state index contributed by atoms with van der Waals surface area (Å²) in [6, 6.07) is 38.8. The molecule has 476 valence electrons. The Labute approximate surface area is 619 Å². The molecular weight excluding hydrogens is 1530 g/mol. The van der Waals surface area contributed by atoms with Crippen molar-refractivity contribution in [2.75, 3.05) is 20.8 Å². The van der Waals surface area contributed by atoms with Crippen LogP contribution in [-0.4, -0.2) is 50.7 Å². The standard InChI is InChI=1S/C69H38Cl12N8O6.Zn/c1-28(2)26-27-92-58-49(74)41-37(45(70)53(58)78)62-83-66(41)84-65-39-43(51(76)60(55(80)47(39)72)94-34-23-14-12-21-32(34)30-18-9-6-10-19-30)68(88-65)89-69-44-40(48(73)56(81)61(52(44)77)95-57-35(90-3)24-15-25-36(57)91-4)64(87-69)82-63-38-42(67(85-62)86-63)50(75)59(54(79)46(38)71)93-33-22-13-11-20-31(33)29-16-7-5-8-17-29;/h5-25,28H,26-27H2,1-4H3;/q-2;+2. The van der Waals surface area contributed by atoms with Crippen LogP contribution in [0.1, 0.15) is 20.3 Å². The second-order valence-electron chi connectivity index (χ2n) is 21.6. The van der Waals surface area contributed by atoms with Gasteiger partial charge in [0.1, 0.15) is 31.6 Å². The molecule has 0 saturated heterocycles. The van der Waals surface area contributed by atoms with Gasteiger partial charge >= 0.3 is 19.5 Å². The van der Waals surface area contributed by atoms with Crippen molar-refractivity contribution in [3.63, 3.8) is 0 Å². The first kappa shape index (κ1) is 67.8. The molecule has 0 saturated carbocycles. The molecule has 2 aliphatic heterocycles. The van der Waals surface area contributed by atoms with Crippen LogP contribution >= 0.6 is 139 Å². The first-order valence-electron chi connectivity index (χ1n) is 28.6.